The van der Waals surface area contributed by atoms with E-state index in [1.807, 2.05) is 12.4 Å². The van der Waals surface area contributed by atoms with Gasteiger partial charge < -0.3 is 4.98 Å². The summed E-state index contributed by atoms with van der Waals surface area (Å²) < 4.78 is 0. The molecule has 1 unspecified atom stereocenters. The lowest BCUT2D eigenvalue weighted by Gasteiger charge is -2.30. The number of halogens is 1. The molecule has 4 aromatic rings. The second-order valence-corrected chi connectivity index (χ2v) is 9.41. The van der Waals surface area contributed by atoms with Crippen molar-refractivity contribution in [3.05, 3.63) is 65.2 Å². The van der Waals surface area contributed by atoms with Gasteiger partial charge in [0.05, 0.1) is 5.50 Å². The molecule has 1 aromatic carbocycles. The number of rotatable bonds is 6. The highest BCUT2D eigenvalue weighted by Gasteiger charge is 2.18. The van der Waals surface area contributed by atoms with Crippen molar-refractivity contribution in [1.29, 1.82) is 0 Å². The average Bonchev–Trinajstić information content (AvgIpc) is 3.48. The summed E-state index contributed by atoms with van der Waals surface area (Å²) in [5, 5.41) is 5.52. The van der Waals surface area contributed by atoms with Crippen LogP contribution in [0, 0.1) is 0 Å². The quantitative estimate of drug-likeness (QED) is 0.262. The number of likely N-dealkylation sites (tertiary alicyclic amines) is 1. The maximum atomic E-state index is 6.71. The van der Waals surface area contributed by atoms with Crippen molar-refractivity contribution < 1.29 is 0 Å². The van der Waals surface area contributed by atoms with Gasteiger partial charge in [-0.15, -0.1) is 11.6 Å². The first-order chi connectivity index (χ1) is 14.8. The van der Waals surface area contributed by atoms with Crippen LogP contribution in [-0.2, 0) is 6.42 Å². The third kappa shape index (κ3) is 4.18. The summed E-state index contributed by atoms with van der Waals surface area (Å²) in [6, 6.07) is 11.1. The number of H-pyrrole nitrogens is 1. The Morgan fingerprint density at radius 3 is 2.73 bits per heavy atom. The van der Waals surface area contributed by atoms with Crippen LogP contribution in [0.15, 0.2) is 59.7 Å². The molecule has 3 aromatic heterocycles. The number of alkyl halides is 1. The highest BCUT2D eigenvalue weighted by Crippen LogP contribution is 2.32. The Labute approximate surface area is 186 Å². The van der Waals surface area contributed by atoms with E-state index in [0.717, 1.165) is 42.6 Å². The fraction of sp³-hybridized carbons (Fsp3) is 0.320. The Morgan fingerprint density at radius 2 is 1.90 bits per heavy atom. The van der Waals surface area contributed by atoms with Crippen LogP contribution >= 0.6 is 22.9 Å². The third-order valence-corrected chi connectivity index (χ3v) is 7.29. The van der Waals surface area contributed by atoms with Gasteiger partial charge in [0.15, 0.2) is 0 Å². The zero-order chi connectivity index (χ0) is 20.3. The van der Waals surface area contributed by atoms with Crippen molar-refractivity contribution in [2.75, 3.05) is 13.1 Å². The molecular weight excluding hydrogens is 410 g/mol. The van der Waals surface area contributed by atoms with E-state index in [1.165, 1.54) is 41.3 Å². The monoisotopic (exact) mass is 435 g/mol. The maximum absolute atomic E-state index is 6.71. The number of nitrogens with zero attached hydrogens (tertiary/aromatic N) is 2. The molecule has 0 radical (unpaired) electrons. The summed E-state index contributed by atoms with van der Waals surface area (Å²) >= 11 is 8.42. The Balaban J connectivity index is 1.38. The fourth-order valence-electron chi connectivity index (χ4n) is 4.40. The molecule has 0 amide bonds. The largest absolute Gasteiger partial charge is 0.361 e. The van der Waals surface area contributed by atoms with E-state index in [1.54, 1.807) is 11.3 Å². The van der Waals surface area contributed by atoms with E-state index in [9.17, 15) is 0 Å². The van der Waals surface area contributed by atoms with E-state index in [-0.39, 0.29) is 5.50 Å². The number of aromatic amines is 1. The zero-order valence-corrected chi connectivity index (χ0v) is 18.6. The molecule has 4 heterocycles. The van der Waals surface area contributed by atoms with Gasteiger partial charge in [0.2, 0.25) is 0 Å². The molecule has 0 aliphatic carbocycles. The number of nitrogens with one attached hydrogen (secondary N) is 1. The Hall–Kier alpha value is -2.14. The van der Waals surface area contributed by atoms with Gasteiger partial charge in [0.25, 0.3) is 0 Å². The lowest BCUT2D eigenvalue weighted by molar-refractivity contribution is 0.203. The zero-order valence-electron chi connectivity index (χ0n) is 17.0. The summed E-state index contributed by atoms with van der Waals surface area (Å²) in [7, 11) is 0. The first-order valence-corrected chi connectivity index (χ1v) is 12.1. The van der Waals surface area contributed by atoms with E-state index in [4.69, 9.17) is 11.6 Å². The molecule has 0 bridgehead atoms. The Kier molecular flexibility index (Phi) is 5.89. The molecule has 154 valence electrons. The van der Waals surface area contributed by atoms with Gasteiger partial charge in [-0.2, -0.15) is 11.3 Å². The minimum absolute atomic E-state index is 0.137. The number of aromatic nitrogens is 2. The highest BCUT2D eigenvalue weighted by molar-refractivity contribution is 7.08. The van der Waals surface area contributed by atoms with Gasteiger partial charge in [0, 0.05) is 46.2 Å². The van der Waals surface area contributed by atoms with Crippen LogP contribution in [0.25, 0.3) is 33.2 Å². The van der Waals surface area contributed by atoms with Crippen LogP contribution in [0.5, 0.6) is 0 Å². The smallest absolute Gasteiger partial charge is 0.0853 e. The maximum Gasteiger partial charge on any atom is 0.0853 e. The summed E-state index contributed by atoms with van der Waals surface area (Å²) in [5.41, 5.74) is 7.37. The minimum Gasteiger partial charge on any atom is -0.361 e. The van der Waals surface area contributed by atoms with Crippen LogP contribution in [-0.4, -0.2) is 33.5 Å². The van der Waals surface area contributed by atoms with Gasteiger partial charge in [-0.05, 0) is 84.9 Å². The lowest BCUT2D eigenvalue weighted by Crippen LogP contribution is -2.36. The predicted octanol–water partition coefficient (Wildman–Crippen LogP) is 6.94. The number of thiophene rings is 1. The normalized spacial score (nSPS) is 16.2. The third-order valence-electron chi connectivity index (χ3n) is 6.11. The fourth-order valence-corrected chi connectivity index (χ4v) is 5.37. The molecule has 1 N–H and O–H groups in total. The molecule has 1 atom stereocenters. The van der Waals surface area contributed by atoms with Crippen molar-refractivity contribution in [2.45, 2.75) is 37.6 Å². The van der Waals surface area contributed by atoms with E-state index in [0.29, 0.717) is 0 Å². The number of hydrogen-bond acceptors (Lipinski definition) is 3. The predicted molar refractivity (Wildman–Crippen MR) is 128 cm³/mol. The van der Waals surface area contributed by atoms with E-state index in [2.05, 4.69) is 62.2 Å². The molecule has 5 heteroatoms. The number of hydrogen-bond donors (Lipinski definition) is 1. The van der Waals surface area contributed by atoms with Crippen LogP contribution in [0.2, 0.25) is 0 Å². The first kappa shape index (κ1) is 19.8. The second-order valence-electron chi connectivity index (χ2n) is 8.13. The molecule has 0 spiro atoms. The van der Waals surface area contributed by atoms with Crippen molar-refractivity contribution in [2.24, 2.45) is 0 Å². The van der Waals surface area contributed by atoms with Crippen molar-refractivity contribution in [3.63, 3.8) is 0 Å². The summed E-state index contributed by atoms with van der Waals surface area (Å²) in [5.74, 6) is 0. The molecule has 30 heavy (non-hydrogen) atoms. The highest BCUT2D eigenvalue weighted by atomic mass is 35.5. The van der Waals surface area contributed by atoms with Gasteiger partial charge in [-0.25, -0.2) is 0 Å². The SMILES string of the molecule is ClC(CCc1ccc2[nH]cc(-c3cncc(-c4ccsc4)c3)c2c1)N1CCCCC1. The molecular formula is C25H26ClN3S. The van der Waals surface area contributed by atoms with Crippen molar-refractivity contribution in [1.82, 2.24) is 14.9 Å². The van der Waals surface area contributed by atoms with Gasteiger partial charge in [0.1, 0.15) is 0 Å². The van der Waals surface area contributed by atoms with Gasteiger partial charge >= 0.3 is 0 Å². The van der Waals surface area contributed by atoms with Crippen molar-refractivity contribution >= 4 is 33.8 Å². The first-order valence-electron chi connectivity index (χ1n) is 10.7. The number of pyridine rings is 1. The summed E-state index contributed by atoms with van der Waals surface area (Å²) in [6.45, 7) is 2.28. The van der Waals surface area contributed by atoms with Crippen LogP contribution in [0.3, 0.4) is 0 Å². The number of benzene rings is 1. The average molecular weight is 436 g/mol. The minimum atomic E-state index is 0.137. The molecule has 1 aliphatic heterocycles. The van der Waals surface area contributed by atoms with Crippen LogP contribution in [0.4, 0.5) is 0 Å². The van der Waals surface area contributed by atoms with Gasteiger partial charge in [-0.1, -0.05) is 12.5 Å². The molecule has 0 saturated carbocycles. The number of fused-ring (bicyclic) bond motifs is 1. The van der Waals surface area contributed by atoms with Gasteiger partial charge in [-0.3, -0.25) is 9.88 Å². The second kappa shape index (κ2) is 8.93. The molecule has 5 rings (SSSR count). The summed E-state index contributed by atoms with van der Waals surface area (Å²) in [6.07, 6.45) is 11.9. The molecule has 1 saturated heterocycles. The van der Waals surface area contributed by atoms with Crippen molar-refractivity contribution in [3.8, 4) is 22.3 Å². The number of piperidine rings is 1. The van der Waals surface area contributed by atoms with E-state index >= 15 is 0 Å². The summed E-state index contributed by atoms with van der Waals surface area (Å²) in [4.78, 5) is 10.4. The standard InChI is InChI=1S/C25H26ClN3S/c26-25(29-9-2-1-3-10-29)7-5-18-4-6-24-22(12-18)23(16-28-24)21-13-20(14-27-15-21)19-8-11-30-17-19/h4,6,8,11-17,25,28H,1-3,5,7,9-10H2. The van der Waals surface area contributed by atoms with Crippen LogP contribution < -0.4 is 0 Å². The Bertz CT molecular complexity index is 1110. The molecule has 1 aliphatic rings. The molecule has 1 fully saturated rings. The topological polar surface area (TPSA) is 31.9 Å². The van der Waals surface area contributed by atoms with E-state index < -0.39 is 0 Å². The Morgan fingerprint density at radius 1 is 1.03 bits per heavy atom. The number of aryl methyl sites for hydroxylation is 1. The molecule has 3 nitrogen and oxygen atoms in total. The van der Waals surface area contributed by atoms with Crippen LogP contribution in [0.1, 0.15) is 31.2 Å². The lowest BCUT2D eigenvalue weighted by atomic mass is 10.0.